The Bertz CT molecular complexity index is 701. The minimum absolute atomic E-state index is 0.299. The van der Waals surface area contributed by atoms with Gasteiger partial charge in [0.1, 0.15) is 0 Å². The quantitative estimate of drug-likeness (QED) is 0.809. The van der Waals surface area contributed by atoms with Gasteiger partial charge in [-0.25, -0.2) is 0 Å². The van der Waals surface area contributed by atoms with Crippen LogP contribution in [0.2, 0.25) is 5.02 Å². The van der Waals surface area contributed by atoms with E-state index < -0.39 is 11.1 Å². The van der Waals surface area contributed by atoms with Crippen LogP contribution >= 0.6 is 11.6 Å². The molecule has 0 spiro atoms. The monoisotopic (exact) mass is 278 g/mol. The van der Waals surface area contributed by atoms with Crippen molar-refractivity contribution in [1.29, 1.82) is 0 Å². The van der Waals surface area contributed by atoms with Gasteiger partial charge < -0.3 is 4.57 Å². The SMILES string of the molecule is CC(C)Cn1ccn(-c2ccccc2Cl)c(=O)c1=O. The molecule has 2 aromatic rings. The van der Waals surface area contributed by atoms with E-state index in [0.717, 1.165) is 0 Å². The van der Waals surface area contributed by atoms with Crippen LogP contribution in [0.4, 0.5) is 0 Å². The van der Waals surface area contributed by atoms with Gasteiger partial charge in [0.2, 0.25) is 0 Å². The van der Waals surface area contributed by atoms with E-state index in [4.69, 9.17) is 11.6 Å². The molecule has 1 heterocycles. The molecule has 0 amide bonds. The van der Waals surface area contributed by atoms with Gasteiger partial charge in [0.05, 0.1) is 10.7 Å². The third-order valence-corrected chi connectivity index (χ3v) is 3.05. The second-order valence-electron chi connectivity index (χ2n) is 4.78. The molecule has 0 radical (unpaired) electrons. The second kappa shape index (κ2) is 5.45. The van der Waals surface area contributed by atoms with Crippen LogP contribution in [0.1, 0.15) is 13.8 Å². The van der Waals surface area contributed by atoms with Crippen molar-refractivity contribution in [3.8, 4) is 5.69 Å². The number of hydrogen-bond donors (Lipinski definition) is 0. The van der Waals surface area contributed by atoms with Crippen molar-refractivity contribution in [2.24, 2.45) is 5.92 Å². The van der Waals surface area contributed by atoms with Crippen LogP contribution in [-0.2, 0) is 6.54 Å². The highest BCUT2D eigenvalue weighted by Gasteiger charge is 2.09. The summed E-state index contributed by atoms with van der Waals surface area (Å²) in [5.41, 5.74) is -0.602. The molecule has 2 rings (SSSR count). The van der Waals surface area contributed by atoms with Crippen molar-refractivity contribution in [2.45, 2.75) is 20.4 Å². The summed E-state index contributed by atoms with van der Waals surface area (Å²) in [6, 6.07) is 6.93. The predicted octanol–water partition coefficient (Wildman–Crippen LogP) is 2.31. The number of benzene rings is 1. The molecule has 0 saturated carbocycles. The van der Waals surface area contributed by atoms with Crippen LogP contribution in [0.25, 0.3) is 5.69 Å². The first-order valence-corrected chi connectivity index (χ1v) is 6.45. The zero-order valence-corrected chi connectivity index (χ0v) is 11.6. The molecule has 0 bridgehead atoms. The molecule has 0 saturated heterocycles. The molecule has 0 unspecified atom stereocenters. The first-order valence-electron chi connectivity index (χ1n) is 6.07. The van der Waals surface area contributed by atoms with E-state index in [9.17, 15) is 9.59 Å². The Morgan fingerprint density at radius 1 is 1.11 bits per heavy atom. The largest absolute Gasteiger partial charge is 0.321 e. The van der Waals surface area contributed by atoms with Gasteiger partial charge in [-0.3, -0.25) is 14.2 Å². The van der Waals surface area contributed by atoms with Gasteiger partial charge in [0, 0.05) is 18.9 Å². The van der Waals surface area contributed by atoms with Gasteiger partial charge in [-0.2, -0.15) is 0 Å². The highest BCUT2D eigenvalue weighted by molar-refractivity contribution is 6.32. The Kier molecular flexibility index (Phi) is 3.90. The van der Waals surface area contributed by atoms with E-state index in [0.29, 0.717) is 23.2 Å². The number of nitrogens with zero attached hydrogens (tertiary/aromatic N) is 2. The van der Waals surface area contributed by atoms with Gasteiger partial charge in [0.25, 0.3) is 0 Å². The molecule has 0 aliphatic heterocycles. The van der Waals surface area contributed by atoms with Crippen LogP contribution in [0.3, 0.4) is 0 Å². The Morgan fingerprint density at radius 2 is 1.79 bits per heavy atom. The summed E-state index contributed by atoms with van der Waals surface area (Å²) < 4.78 is 2.71. The van der Waals surface area contributed by atoms with Crippen LogP contribution in [0.5, 0.6) is 0 Å². The maximum absolute atomic E-state index is 12.1. The minimum Gasteiger partial charge on any atom is -0.309 e. The van der Waals surface area contributed by atoms with Gasteiger partial charge in [-0.05, 0) is 18.1 Å². The zero-order chi connectivity index (χ0) is 14.0. The molecule has 100 valence electrons. The lowest BCUT2D eigenvalue weighted by Gasteiger charge is -2.11. The maximum Gasteiger partial charge on any atom is 0.321 e. The van der Waals surface area contributed by atoms with Gasteiger partial charge in [-0.1, -0.05) is 37.6 Å². The lowest BCUT2D eigenvalue weighted by atomic mass is 10.2. The first kappa shape index (κ1) is 13.6. The summed E-state index contributed by atoms with van der Waals surface area (Å²) in [7, 11) is 0. The van der Waals surface area contributed by atoms with Crippen LogP contribution in [0.15, 0.2) is 46.2 Å². The molecular weight excluding hydrogens is 264 g/mol. The van der Waals surface area contributed by atoms with Crippen molar-refractivity contribution in [2.75, 3.05) is 0 Å². The van der Waals surface area contributed by atoms with Crippen molar-refractivity contribution in [3.05, 3.63) is 62.4 Å². The number of hydrogen-bond acceptors (Lipinski definition) is 2. The van der Waals surface area contributed by atoms with Gasteiger partial charge in [-0.15, -0.1) is 0 Å². The third-order valence-electron chi connectivity index (χ3n) is 2.73. The molecule has 1 aromatic carbocycles. The van der Waals surface area contributed by atoms with Crippen LogP contribution in [0, 0.1) is 5.92 Å². The maximum atomic E-state index is 12.1. The summed E-state index contributed by atoms with van der Waals surface area (Å²) >= 11 is 6.04. The molecule has 19 heavy (non-hydrogen) atoms. The third kappa shape index (κ3) is 2.79. The van der Waals surface area contributed by atoms with E-state index >= 15 is 0 Å². The van der Waals surface area contributed by atoms with E-state index in [2.05, 4.69) is 0 Å². The molecule has 1 aromatic heterocycles. The molecule has 5 heteroatoms. The second-order valence-corrected chi connectivity index (χ2v) is 5.18. The lowest BCUT2D eigenvalue weighted by molar-refractivity contribution is 0.504. The molecule has 4 nitrogen and oxygen atoms in total. The molecule has 0 fully saturated rings. The predicted molar refractivity (Wildman–Crippen MR) is 76.1 cm³/mol. The highest BCUT2D eigenvalue weighted by atomic mass is 35.5. The highest BCUT2D eigenvalue weighted by Crippen LogP contribution is 2.17. The topological polar surface area (TPSA) is 44.0 Å². The number of para-hydroxylation sites is 1. The number of halogens is 1. The minimum atomic E-state index is -0.587. The van der Waals surface area contributed by atoms with Crippen LogP contribution in [-0.4, -0.2) is 9.13 Å². The Hall–Kier alpha value is -1.81. The summed E-state index contributed by atoms with van der Waals surface area (Å²) in [5.74, 6) is 0.299. The van der Waals surface area contributed by atoms with E-state index in [1.54, 1.807) is 36.7 Å². The Balaban J connectivity index is 2.57. The number of aromatic nitrogens is 2. The fraction of sp³-hybridized carbons (Fsp3) is 0.286. The molecule has 0 aliphatic carbocycles. The molecule has 0 aliphatic rings. The molecular formula is C14H15ClN2O2. The van der Waals surface area contributed by atoms with Crippen molar-refractivity contribution in [1.82, 2.24) is 9.13 Å². The van der Waals surface area contributed by atoms with E-state index in [1.165, 1.54) is 9.13 Å². The fourth-order valence-electron chi connectivity index (χ4n) is 1.88. The summed E-state index contributed by atoms with van der Waals surface area (Å²) in [6.07, 6.45) is 3.19. The average Bonchev–Trinajstić information content (AvgIpc) is 2.36. The summed E-state index contributed by atoms with van der Waals surface area (Å²) in [6.45, 7) is 4.51. The lowest BCUT2D eigenvalue weighted by Crippen LogP contribution is -2.40. The first-order chi connectivity index (χ1) is 9.00. The van der Waals surface area contributed by atoms with Crippen molar-refractivity contribution < 1.29 is 0 Å². The van der Waals surface area contributed by atoms with Crippen LogP contribution < -0.4 is 11.1 Å². The molecule has 0 N–H and O–H groups in total. The van der Waals surface area contributed by atoms with E-state index in [-0.39, 0.29) is 0 Å². The smallest absolute Gasteiger partial charge is 0.309 e. The zero-order valence-electron chi connectivity index (χ0n) is 10.8. The van der Waals surface area contributed by atoms with Gasteiger partial charge >= 0.3 is 11.1 Å². The Labute approximate surface area is 115 Å². The van der Waals surface area contributed by atoms with Gasteiger partial charge in [0.15, 0.2) is 0 Å². The van der Waals surface area contributed by atoms with Crippen molar-refractivity contribution in [3.63, 3.8) is 0 Å². The fourth-order valence-corrected chi connectivity index (χ4v) is 2.11. The van der Waals surface area contributed by atoms with Crippen molar-refractivity contribution >= 4 is 11.6 Å². The Morgan fingerprint density at radius 3 is 2.42 bits per heavy atom. The average molecular weight is 279 g/mol. The normalized spacial score (nSPS) is 10.9. The number of rotatable bonds is 3. The molecule has 0 atom stereocenters. The summed E-state index contributed by atoms with van der Waals surface area (Å²) in [5, 5.41) is 0.436. The summed E-state index contributed by atoms with van der Waals surface area (Å²) in [4.78, 5) is 24.1. The standard InChI is InChI=1S/C14H15ClN2O2/c1-10(2)9-16-7-8-17(14(19)13(16)18)12-6-4-3-5-11(12)15/h3-8,10H,9H2,1-2H3. The van der Waals surface area contributed by atoms with E-state index in [1.807, 2.05) is 13.8 Å².